The van der Waals surface area contributed by atoms with Crippen LogP contribution in [0.2, 0.25) is 0 Å². The molecule has 0 fully saturated rings. The second-order valence-electron chi connectivity index (χ2n) is 3.11. The van der Waals surface area contributed by atoms with Gasteiger partial charge in [-0.1, -0.05) is 12.1 Å². The molecule has 0 saturated heterocycles. The van der Waals surface area contributed by atoms with Crippen LogP contribution in [0.3, 0.4) is 0 Å². The van der Waals surface area contributed by atoms with Gasteiger partial charge in [0.15, 0.2) is 0 Å². The number of hydrogen-bond donors (Lipinski definition) is 1. The summed E-state index contributed by atoms with van der Waals surface area (Å²) in [6, 6.07) is 5.70. The van der Waals surface area contributed by atoms with Crippen LogP contribution in [-0.4, -0.2) is 15.3 Å². The lowest BCUT2D eigenvalue weighted by Crippen LogP contribution is -1.91. The molecule has 1 aromatic heterocycles. The van der Waals surface area contributed by atoms with Gasteiger partial charge in [0.1, 0.15) is 11.4 Å². The van der Waals surface area contributed by atoms with E-state index in [0.717, 1.165) is 16.5 Å². The summed E-state index contributed by atoms with van der Waals surface area (Å²) in [5.74, 6) is 0.230. The Morgan fingerprint density at radius 2 is 1.92 bits per heavy atom. The maximum Gasteiger partial charge on any atom is 0.148 e. The first kappa shape index (κ1) is 7.98. The molecule has 2 aromatic rings. The van der Waals surface area contributed by atoms with Crippen LogP contribution in [0, 0.1) is 13.8 Å². The van der Waals surface area contributed by atoms with E-state index >= 15 is 0 Å². The van der Waals surface area contributed by atoms with Crippen molar-refractivity contribution in [2.75, 3.05) is 0 Å². The summed E-state index contributed by atoms with van der Waals surface area (Å²) in [6.45, 7) is 3.69. The molecule has 0 atom stereocenters. The molecule has 66 valence electrons. The van der Waals surface area contributed by atoms with Crippen LogP contribution >= 0.6 is 0 Å². The molecule has 0 spiro atoms. The third kappa shape index (κ3) is 1.13. The zero-order chi connectivity index (χ0) is 9.42. The lowest BCUT2D eigenvalue weighted by atomic mass is 10.1. The first-order chi connectivity index (χ1) is 6.20. The number of aromatic nitrogens is 2. The van der Waals surface area contributed by atoms with Gasteiger partial charge in [0.05, 0.1) is 5.52 Å². The van der Waals surface area contributed by atoms with Crippen LogP contribution in [0.4, 0.5) is 0 Å². The van der Waals surface area contributed by atoms with Crippen LogP contribution in [0.15, 0.2) is 18.2 Å². The Labute approximate surface area is 76.0 Å². The van der Waals surface area contributed by atoms with Gasteiger partial charge in [-0.2, -0.15) is 5.10 Å². The minimum atomic E-state index is 0.230. The van der Waals surface area contributed by atoms with Crippen LogP contribution in [0.1, 0.15) is 11.3 Å². The maximum absolute atomic E-state index is 9.68. The van der Waals surface area contributed by atoms with E-state index in [1.165, 1.54) is 0 Å². The van der Waals surface area contributed by atoms with Gasteiger partial charge in [0, 0.05) is 5.39 Å². The van der Waals surface area contributed by atoms with E-state index in [9.17, 15) is 5.11 Å². The maximum atomic E-state index is 9.68. The number of nitrogens with zero attached hydrogens (tertiary/aromatic N) is 2. The molecule has 2 rings (SSSR count). The first-order valence-electron chi connectivity index (χ1n) is 4.11. The fourth-order valence-electron chi connectivity index (χ4n) is 1.35. The third-order valence-electron chi connectivity index (χ3n) is 2.14. The predicted octanol–water partition coefficient (Wildman–Crippen LogP) is 1.95. The molecule has 1 heterocycles. The summed E-state index contributed by atoms with van der Waals surface area (Å²) < 4.78 is 0. The van der Waals surface area contributed by atoms with Gasteiger partial charge in [-0.15, -0.1) is 5.10 Å². The van der Waals surface area contributed by atoms with Crippen molar-refractivity contribution in [2.45, 2.75) is 13.8 Å². The second kappa shape index (κ2) is 2.69. The fourth-order valence-corrected chi connectivity index (χ4v) is 1.35. The summed E-state index contributed by atoms with van der Waals surface area (Å²) in [5.41, 5.74) is 2.36. The molecule has 0 aliphatic carbocycles. The third-order valence-corrected chi connectivity index (χ3v) is 2.14. The Hall–Kier alpha value is -1.64. The number of hydrogen-bond acceptors (Lipinski definition) is 3. The van der Waals surface area contributed by atoms with Gasteiger partial charge >= 0.3 is 0 Å². The van der Waals surface area contributed by atoms with Crippen molar-refractivity contribution in [2.24, 2.45) is 0 Å². The van der Waals surface area contributed by atoms with Gasteiger partial charge in [-0.05, 0) is 25.5 Å². The quantitative estimate of drug-likeness (QED) is 0.664. The van der Waals surface area contributed by atoms with Crippen molar-refractivity contribution in [3.8, 4) is 5.75 Å². The van der Waals surface area contributed by atoms with Crippen LogP contribution in [0.5, 0.6) is 5.75 Å². The van der Waals surface area contributed by atoms with Gasteiger partial charge in [-0.25, -0.2) is 0 Å². The summed E-state index contributed by atoms with van der Waals surface area (Å²) in [4.78, 5) is 0. The van der Waals surface area contributed by atoms with Crippen LogP contribution < -0.4 is 0 Å². The van der Waals surface area contributed by atoms with Crippen molar-refractivity contribution in [3.05, 3.63) is 29.5 Å². The molecule has 3 nitrogen and oxygen atoms in total. The predicted molar refractivity (Wildman–Crippen MR) is 50.7 cm³/mol. The molecule has 0 aliphatic rings. The van der Waals surface area contributed by atoms with Crippen molar-refractivity contribution in [1.82, 2.24) is 10.2 Å². The van der Waals surface area contributed by atoms with E-state index in [1.54, 1.807) is 6.92 Å². The van der Waals surface area contributed by atoms with E-state index in [1.807, 2.05) is 25.1 Å². The monoisotopic (exact) mass is 174 g/mol. The SMILES string of the molecule is Cc1nnc2c(C)cccc2c1O. The molecule has 0 radical (unpaired) electrons. The molecule has 0 bridgehead atoms. The average Bonchev–Trinajstić information content (AvgIpc) is 2.12. The number of aryl methyl sites for hydroxylation is 2. The Morgan fingerprint density at radius 1 is 1.15 bits per heavy atom. The Morgan fingerprint density at radius 3 is 2.69 bits per heavy atom. The number of benzene rings is 1. The Balaban J connectivity index is 2.94. The zero-order valence-corrected chi connectivity index (χ0v) is 7.57. The van der Waals surface area contributed by atoms with Gasteiger partial charge in [0.25, 0.3) is 0 Å². The molecule has 1 N–H and O–H groups in total. The lowest BCUT2D eigenvalue weighted by Gasteiger charge is -2.03. The van der Waals surface area contributed by atoms with Crippen molar-refractivity contribution < 1.29 is 5.11 Å². The fraction of sp³-hybridized carbons (Fsp3) is 0.200. The zero-order valence-electron chi connectivity index (χ0n) is 7.57. The topological polar surface area (TPSA) is 46.0 Å². The molecular weight excluding hydrogens is 164 g/mol. The highest BCUT2D eigenvalue weighted by Gasteiger charge is 2.06. The molecule has 1 aromatic carbocycles. The number of fused-ring (bicyclic) bond motifs is 1. The highest BCUT2D eigenvalue weighted by Crippen LogP contribution is 2.26. The molecule has 0 aliphatic heterocycles. The summed E-state index contributed by atoms with van der Waals surface area (Å²) in [7, 11) is 0. The Kier molecular flexibility index (Phi) is 1.65. The largest absolute Gasteiger partial charge is 0.505 e. The first-order valence-corrected chi connectivity index (χ1v) is 4.11. The molecule has 0 amide bonds. The van der Waals surface area contributed by atoms with Gasteiger partial charge in [-0.3, -0.25) is 0 Å². The Bertz CT molecular complexity index is 466. The van der Waals surface area contributed by atoms with Crippen LogP contribution in [-0.2, 0) is 0 Å². The molecule has 0 saturated carbocycles. The minimum absolute atomic E-state index is 0.230. The highest BCUT2D eigenvalue weighted by molar-refractivity contribution is 5.87. The van der Waals surface area contributed by atoms with E-state index in [4.69, 9.17) is 0 Å². The minimum Gasteiger partial charge on any atom is -0.505 e. The smallest absolute Gasteiger partial charge is 0.148 e. The lowest BCUT2D eigenvalue weighted by molar-refractivity contribution is 0.472. The molecule has 0 unspecified atom stereocenters. The van der Waals surface area contributed by atoms with E-state index < -0.39 is 0 Å². The molecule has 3 heteroatoms. The van der Waals surface area contributed by atoms with Crippen molar-refractivity contribution in [1.29, 1.82) is 0 Å². The van der Waals surface area contributed by atoms with Crippen molar-refractivity contribution in [3.63, 3.8) is 0 Å². The van der Waals surface area contributed by atoms with E-state index in [-0.39, 0.29) is 5.75 Å². The van der Waals surface area contributed by atoms with Gasteiger partial charge in [0.2, 0.25) is 0 Å². The van der Waals surface area contributed by atoms with Crippen molar-refractivity contribution >= 4 is 10.9 Å². The standard InChI is InChI=1S/C10H10N2O/c1-6-4-3-5-8-9(6)12-11-7(2)10(8)13/h3-5H,1-2H3,(H,12,13). The second-order valence-corrected chi connectivity index (χ2v) is 3.11. The summed E-state index contributed by atoms with van der Waals surface area (Å²) in [5, 5.41) is 18.3. The summed E-state index contributed by atoms with van der Waals surface area (Å²) in [6.07, 6.45) is 0. The van der Waals surface area contributed by atoms with Gasteiger partial charge < -0.3 is 5.11 Å². The average molecular weight is 174 g/mol. The molecular formula is C10H10N2O. The highest BCUT2D eigenvalue weighted by atomic mass is 16.3. The van der Waals surface area contributed by atoms with E-state index in [2.05, 4.69) is 10.2 Å². The normalized spacial score (nSPS) is 10.6. The summed E-state index contributed by atoms with van der Waals surface area (Å²) >= 11 is 0. The number of rotatable bonds is 0. The number of aromatic hydroxyl groups is 1. The van der Waals surface area contributed by atoms with Crippen LogP contribution in [0.25, 0.3) is 10.9 Å². The van der Waals surface area contributed by atoms with E-state index in [0.29, 0.717) is 5.69 Å². The molecule has 13 heavy (non-hydrogen) atoms.